The van der Waals surface area contributed by atoms with Crippen LogP contribution in [0.5, 0.6) is 0 Å². The summed E-state index contributed by atoms with van der Waals surface area (Å²) in [5.41, 5.74) is 0.172. The van der Waals surface area contributed by atoms with Gasteiger partial charge in [-0.25, -0.2) is 22.0 Å². The second kappa shape index (κ2) is 4.63. The van der Waals surface area contributed by atoms with Gasteiger partial charge in [-0.2, -0.15) is 0 Å². The summed E-state index contributed by atoms with van der Waals surface area (Å²) in [5, 5.41) is 4.33. The largest absolute Gasteiger partial charge is 0.283 e. The van der Waals surface area contributed by atoms with Crippen LogP contribution in [-0.2, 0) is 20.0 Å². The number of benzene rings is 1. The first kappa shape index (κ1) is 13.9. The number of nitrogens with two attached hydrogens (primary N) is 1. The first-order valence-electron chi connectivity index (χ1n) is 4.77. The van der Waals surface area contributed by atoms with Crippen LogP contribution in [0.25, 0.3) is 0 Å². The molecule has 0 heterocycles. The molecule has 6 nitrogen and oxygen atoms in total. The molecule has 8 heteroatoms. The molecule has 1 aromatic carbocycles. The Balaban J connectivity index is 3.11. The molecule has 0 aliphatic carbocycles. The molecule has 17 heavy (non-hydrogen) atoms. The zero-order chi connectivity index (χ0) is 13.3. The maximum absolute atomic E-state index is 11.6. The number of hydrogen-bond acceptors (Lipinski definition) is 4. The fourth-order valence-corrected chi connectivity index (χ4v) is 2.27. The van der Waals surface area contributed by atoms with Crippen molar-refractivity contribution in [3.8, 4) is 0 Å². The van der Waals surface area contributed by atoms with Crippen LogP contribution in [0.2, 0.25) is 0 Å². The lowest BCUT2D eigenvalue weighted by Crippen LogP contribution is -2.22. The van der Waals surface area contributed by atoms with E-state index in [9.17, 15) is 16.8 Å². The number of sulfonamides is 2. The molecule has 1 aromatic rings. The van der Waals surface area contributed by atoms with Crippen LogP contribution in [-0.4, -0.2) is 22.1 Å². The molecular formula is C9H14N2O4S2. The standard InChI is InChI=1S/C9H14N2O4S2/c1-7(2)17(14,15)11-8-4-3-5-9(6-8)16(10,12)13/h3-7,11H,1-2H3,(H2,10,12,13). The summed E-state index contributed by atoms with van der Waals surface area (Å²) in [6, 6.07) is 5.34. The minimum atomic E-state index is -3.84. The van der Waals surface area contributed by atoms with Crippen molar-refractivity contribution >= 4 is 25.7 Å². The lowest BCUT2D eigenvalue weighted by Gasteiger charge is -2.11. The number of hydrogen-bond donors (Lipinski definition) is 2. The van der Waals surface area contributed by atoms with E-state index in [-0.39, 0.29) is 10.6 Å². The van der Waals surface area contributed by atoms with Crippen LogP contribution in [0.3, 0.4) is 0 Å². The average molecular weight is 278 g/mol. The Hall–Kier alpha value is -1.12. The number of primary sulfonamides is 1. The molecule has 0 aromatic heterocycles. The fourth-order valence-electron chi connectivity index (χ4n) is 1.02. The van der Waals surface area contributed by atoms with Gasteiger partial charge in [0.05, 0.1) is 10.1 Å². The third kappa shape index (κ3) is 3.69. The summed E-state index contributed by atoms with van der Waals surface area (Å²) < 4.78 is 47.6. The molecule has 3 N–H and O–H groups in total. The number of rotatable bonds is 4. The smallest absolute Gasteiger partial charge is 0.238 e. The normalized spacial score (nSPS) is 12.7. The zero-order valence-electron chi connectivity index (χ0n) is 9.41. The number of nitrogens with one attached hydrogen (secondary N) is 1. The maximum Gasteiger partial charge on any atom is 0.238 e. The van der Waals surface area contributed by atoms with Crippen molar-refractivity contribution in [2.24, 2.45) is 5.14 Å². The highest BCUT2D eigenvalue weighted by Crippen LogP contribution is 2.16. The molecular weight excluding hydrogens is 264 g/mol. The third-order valence-corrected chi connectivity index (χ3v) is 4.72. The quantitative estimate of drug-likeness (QED) is 0.835. The van der Waals surface area contributed by atoms with Gasteiger partial charge in [0.25, 0.3) is 0 Å². The van der Waals surface area contributed by atoms with Crippen LogP contribution in [0, 0.1) is 0 Å². The SMILES string of the molecule is CC(C)S(=O)(=O)Nc1cccc(S(N)(=O)=O)c1. The Bertz CT molecular complexity index is 606. The molecule has 0 radical (unpaired) electrons. The Morgan fingerprint density at radius 2 is 1.76 bits per heavy atom. The lowest BCUT2D eigenvalue weighted by atomic mass is 10.3. The van der Waals surface area contributed by atoms with E-state index in [0.717, 1.165) is 0 Å². The van der Waals surface area contributed by atoms with Gasteiger partial charge in [0, 0.05) is 5.69 Å². The predicted molar refractivity (Wildman–Crippen MR) is 65.5 cm³/mol. The van der Waals surface area contributed by atoms with Crippen molar-refractivity contribution in [3.05, 3.63) is 24.3 Å². The lowest BCUT2D eigenvalue weighted by molar-refractivity contribution is 0.591. The molecule has 0 bridgehead atoms. The van der Waals surface area contributed by atoms with Crippen molar-refractivity contribution in [1.82, 2.24) is 0 Å². The highest BCUT2D eigenvalue weighted by atomic mass is 32.2. The summed E-state index contributed by atoms with van der Waals surface area (Å²) in [4.78, 5) is -0.138. The van der Waals surface area contributed by atoms with Gasteiger partial charge in [-0.15, -0.1) is 0 Å². The Kier molecular flexibility index (Phi) is 3.80. The first-order chi connectivity index (χ1) is 7.63. The Morgan fingerprint density at radius 3 is 2.24 bits per heavy atom. The summed E-state index contributed by atoms with van der Waals surface area (Å²) in [5.74, 6) is 0. The average Bonchev–Trinajstić information content (AvgIpc) is 2.15. The van der Waals surface area contributed by atoms with Crippen LogP contribution < -0.4 is 9.86 Å². The minimum absolute atomic E-state index is 0.138. The molecule has 0 aliphatic rings. The third-order valence-electron chi connectivity index (χ3n) is 2.04. The van der Waals surface area contributed by atoms with Crippen LogP contribution in [0.1, 0.15) is 13.8 Å². The topological polar surface area (TPSA) is 106 Å². The molecule has 0 aliphatic heterocycles. The van der Waals surface area contributed by atoms with E-state index in [4.69, 9.17) is 5.14 Å². The van der Waals surface area contributed by atoms with E-state index < -0.39 is 25.3 Å². The first-order valence-corrected chi connectivity index (χ1v) is 7.87. The second-order valence-corrected chi connectivity index (χ2v) is 7.57. The van der Waals surface area contributed by atoms with Gasteiger partial charge in [-0.05, 0) is 32.0 Å². The fraction of sp³-hybridized carbons (Fsp3) is 0.333. The molecule has 0 amide bonds. The van der Waals surface area contributed by atoms with Gasteiger partial charge in [0.15, 0.2) is 0 Å². The molecule has 0 atom stereocenters. The van der Waals surface area contributed by atoms with Crippen molar-refractivity contribution in [2.75, 3.05) is 4.72 Å². The van der Waals surface area contributed by atoms with Crippen molar-refractivity contribution in [3.63, 3.8) is 0 Å². The predicted octanol–water partition coefficient (Wildman–Crippen LogP) is 0.484. The van der Waals surface area contributed by atoms with Gasteiger partial charge in [-0.3, -0.25) is 4.72 Å². The summed E-state index contributed by atoms with van der Waals surface area (Å²) >= 11 is 0. The molecule has 0 unspecified atom stereocenters. The van der Waals surface area contributed by atoms with Crippen LogP contribution in [0.15, 0.2) is 29.2 Å². The summed E-state index contributed by atoms with van der Waals surface area (Å²) in [6.07, 6.45) is 0. The summed E-state index contributed by atoms with van der Waals surface area (Å²) in [6.45, 7) is 3.04. The Morgan fingerprint density at radius 1 is 1.18 bits per heavy atom. The van der Waals surface area contributed by atoms with Crippen LogP contribution in [0.4, 0.5) is 5.69 Å². The van der Waals surface area contributed by atoms with E-state index in [1.807, 2.05) is 0 Å². The number of anilines is 1. The molecule has 0 fully saturated rings. The zero-order valence-corrected chi connectivity index (χ0v) is 11.0. The molecule has 0 spiro atoms. The molecule has 96 valence electrons. The minimum Gasteiger partial charge on any atom is -0.283 e. The van der Waals surface area contributed by atoms with Gasteiger partial charge in [-0.1, -0.05) is 6.07 Å². The van der Waals surface area contributed by atoms with Gasteiger partial charge in [0.1, 0.15) is 0 Å². The van der Waals surface area contributed by atoms with E-state index in [0.29, 0.717) is 0 Å². The van der Waals surface area contributed by atoms with Crippen molar-refractivity contribution in [1.29, 1.82) is 0 Å². The molecule has 0 saturated heterocycles. The van der Waals surface area contributed by atoms with Gasteiger partial charge >= 0.3 is 0 Å². The van der Waals surface area contributed by atoms with E-state index in [2.05, 4.69) is 4.72 Å². The van der Waals surface area contributed by atoms with E-state index in [1.54, 1.807) is 0 Å². The van der Waals surface area contributed by atoms with Crippen molar-refractivity contribution in [2.45, 2.75) is 24.0 Å². The second-order valence-electron chi connectivity index (χ2n) is 3.77. The highest BCUT2D eigenvalue weighted by molar-refractivity contribution is 7.93. The van der Waals surface area contributed by atoms with Crippen molar-refractivity contribution < 1.29 is 16.8 Å². The maximum atomic E-state index is 11.6. The van der Waals surface area contributed by atoms with E-state index >= 15 is 0 Å². The van der Waals surface area contributed by atoms with E-state index in [1.165, 1.54) is 38.1 Å². The van der Waals surface area contributed by atoms with Crippen LogP contribution >= 0.6 is 0 Å². The molecule has 0 saturated carbocycles. The molecule has 1 rings (SSSR count). The van der Waals surface area contributed by atoms with Gasteiger partial charge in [0.2, 0.25) is 20.0 Å². The Labute approximate surface area is 101 Å². The monoisotopic (exact) mass is 278 g/mol. The highest BCUT2D eigenvalue weighted by Gasteiger charge is 2.16. The summed E-state index contributed by atoms with van der Waals surface area (Å²) in [7, 11) is -7.34. The van der Waals surface area contributed by atoms with Gasteiger partial charge < -0.3 is 0 Å².